The largest absolute Gasteiger partial charge is 0.481 e. The summed E-state index contributed by atoms with van der Waals surface area (Å²) in [4.78, 5) is 10.6. The molecular formula is C8H12N2O3. The predicted molar refractivity (Wildman–Crippen MR) is 45.4 cm³/mol. The first-order valence-electron chi connectivity index (χ1n) is 4.01. The van der Waals surface area contributed by atoms with Crippen LogP contribution in [0.5, 0.6) is 0 Å². The lowest BCUT2D eigenvalue weighted by Gasteiger charge is -2.00. The molecule has 0 aromatic carbocycles. The second-order valence-electron chi connectivity index (χ2n) is 2.82. The van der Waals surface area contributed by atoms with Gasteiger partial charge in [0.15, 0.2) is 0 Å². The highest BCUT2D eigenvalue weighted by molar-refractivity contribution is 5.75. The minimum Gasteiger partial charge on any atom is -0.481 e. The molecule has 0 aliphatic carbocycles. The lowest BCUT2D eigenvalue weighted by atomic mass is 10.1. The number of nitrogens with zero attached hydrogens (tertiary/aromatic N) is 2. The highest BCUT2D eigenvalue weighted by atomic mass is 16.4. The molecule has 1 aromatic heterocycles. The number of carboxylic acid groups (broad SMARTS) is 1. The molecule has 0 saturated carbocycles. The summed E-state index contributed by atoms with van der Waals surface area (Å²) < 4.78 is 1.52. The molecule has 1 heterocycles. The van der Waals surface area contributed by atoms with E-state index in [-0.39, 0.29) is 6.61 Å². The van der Waals surface area contributed by atoms with Gasteiger partial charge in [0.1, 0.15) is 0 Å². The van der Waals surface area contributed by atoms with Gasteiger partial charge in [0, 0.05) is 11.8 Å². The number of carbonyl (C=O) groups is 1. The van der Waals surface area contributed by atoms with E-state index in [4.69, 9.17) is 10.2 Å². The van der Waals surface area contributed by atoms with Crippen LogP contribution in [-0.2, 0) is 11.3 Å². The SMILES string of the molecule is CC(C(=O)O)c1cnn(CCO)c1. The van der Waals surface area contributed by atoms with Gasteiger partial charge in [-0.15, -0.1) is 0 Å². The van der Waals surface area contributed by atoms with E-state index in [0.29, 0.717) is 12.1 Å². The van der Waals surface area contributed by atoms with E-state index in [1.54, 1.807) is 13.1 Å². The second-order valence-corrected chi connectivity index (χ2v) is 2.82. The summed E-state index contributed by atoms with van der Waals surface area (Å²) in [5.41, 5.74) is 0.654. The van der Waals surface area contributed by atoms with Crippen LogP contribution in [0.3, 0.4) is 0 Å². The van der Waals surface area contributed by atoms with Gasteiger partial charge in [0.25, 0.3) is 0 Å². The minimum atomic E-state index is -0.872. The number of aromatic nitrogens is 2. The zero-order valence-electron chi connectivity index (χ0n) is 7.34. The smallest absolute Gasteiger partial charge is 0.310 e. The number of aliphatic carboxylic acids is 1. The van der Waals surface area contributed by atoms with Crippen molar-refractivity contribution in [3.8, 4) is 0 Å². The van der Waals surface area contributed by atoms with Gasteiger partial charge < -0.3 is 10.2 Å². The monoisotopic (exact) mass is 184 g/mol. The van der Waals surface area contributed by atoms with Gasteiger partial charge >= 0.3 is 5.97 Å². The third kappa shape index (κ3) is 2.29. The zero-order chi connectivity index (χ0) is 9.84. The van der Waals surface area contributed by atoms with E-state index >= 15 is 0 Å². The van der Waals surface area contributed by atoms with Crippen molar-refractivity contribution in [1.82, 2.24) is 9.78 Å². The molecule has 13 heavy (non-hydrogen) atoms. The first-order valence-corrected chi connectivity index (χ1v) is 4.01. The van der Waals surface area contributed by atoms with Crippen molar-refractivity contribution >= 4 is 5.97 Å². The summed E-state index contributed by atoms with van der Waals surface area (Å²) in [5.74, 6) is -1.42. The van der Waals surface area contributed by atoms with Gasteiger partial charge in [-0.2, -0.15) is 5.10 Å². The lowest BCUT2D eigenvalue weighted by molar-refractivity contribution is -0.138. The third-order valence-corrected chi connectivity index (χ3v) is 1.85. The summed E-state index contributed by atoms with van der Waals surface area (Å²) in [6.45, 7) is 2.00. The molecule has 0 aliphatic rings. The van der Waals surface area contributed by atoms with E-state index in [0.717, 1.165) is 0 Å². The fraction of sp³-hybridized carbons (Fsp3) is 0.500. The summed E-state index contributed by atoms with van der Waals surface area (Å²) in [6.07, 6.45) is 3.14. The molecule has 1 unspecified atom stereocenters. The summed E-state index contributed by atoms with van der Waals surface area (Å²) in [6, 6.07) is 0. The van der Waals surface area contributed by atoms with Crippen LogP contribution in [0.4, 0.5) is 0 Å². The van der Waals surface area contributed by atoms with Crippen molar-refractivity contribution in [3.63, 3.8) is 0 Å². The van der Waals surface area contributed by atoms with Crippen LogP contribution in [0.1, 0.15) is 18.4 Å². The maximum Gasteiger partial charge on any atom is 0.310 e. The first kappa shape index (κ1) is 9.73. The Kier molecular flexibility index (Phi) is 3.02. The third-order valence-electron chi connectivity index (χ3n) is 1.85. The van der Waals surface area contributed by atoms with E-state index in [2.05, 4.69) is 5.10 Å². The van der Waals surface area contributed by atoms with Crippen molar-refractivity contribution in [2.45, 2.75) is 19.4 Å². The van der Waals surface area contributed by atoms with Crippen LogP contribution in [0.15, 0.2) is 12.4 Å². The molecular weight excluding hydrogens is 172 g/mol. The van der Waals surface area contributed by atoms with Gasteiger partial charge in [-0.3, -0.25) is 9.48 Å². The molecule has 5 heteroatoms. The predicted octanol–water partition coefficient (Wildman–Crippen LogP) is 0.0635. The zero-order valence-corrected chi connectivity index (χ0v) is 7.34. The Labute approximate surface area is 75.6 Å². The molecule has 0 aliphatic heterocycles. The first-order chi connectivity index (χ1) is 6.15. The number of aliphatic hydroxyl groups is 1. The van der Waals surface area contributed by atoms with Gasteiger partial charge in [-0.25, -0.2) is 0 Å². The Hall–Kier alpha value is -1.36. The number of hydrogen-bond acceptors (Lipinski definition) is 3. The molecule has 2 N–H and O–H groups in total. The second kappa shape index (κ2) is 4.04. The van der Waals surface area contributed by atoms with Crippen LogP contribution in [0.2, 0.25) is 0 Å². The molecule has 0 spiro atoms. The van der Waals surface area contributed by atoms with E-state index in [1.807, 2.05) is 0 Å². The molecule has 0 radical (unpaired) electrons. The molecule has 72 valence electrons. The van der Waals surface area contributed by atoms with Crippen LogP contribution in [0.25, 0.3) is 0 Å². The van der Waals surface area contributed by atoms with Crippen LogP contribution < -0.4 is 0 Å². The molecule has 1 atom stereocenters. The van der Waals surface area contributed by atoms with Gasteiger partial charge in [-0.1, -0.05) is 0 Å². The molecule has 1 rings (SSSR count). The van der Waals surface area contributed by atoms with Crippen molar-refractivity contribution < 1.29 is 15.0 Å². The normalized spacial score (nSPS) is 12.8. The standard InChI is InChI=1S/C8H12N2O3/c1-6(8(12)13)7-4-9-10(5-7)2-3-11/h4-6,11H,2-3H2,1H3,(H,12,13). The maximum atomic E-state index is 10.6. The number of hydrogen-bond donors (Lipinski definition) is 2. The molecule has 0 bridgehead atoms. The highest BCUT2D eigenvalue weighted by Crippen LogP contribution is 2.13. The van der Waals surface area contributed by atoms with Crippen LogP contribution in [-0.4, -0.2) is 32.6 Å². The van der Waals surface area contributed by atoms with Gasteiger partial charge in [0.2, 0.25) is 0 Å². The Morgan fingerprint density at radius 1 is 1.77 bits per heavy atom. The fourth-order valence-electron chi connectivity index (χ4n) is 0.970. The summed E-state index contributed by atoms with van der Waals surface area (Å²) in [5, 5.41) is 21.2. The Morgan fingerprint density at radius 2 is 2.46 bits per heavy atom. The molecule has 0 fully saturated rings. The van der Waals surface area contributed by atoms with E-state index < -0.39 is 11.9 Å². The Bertz CT molecular complexity index is 295. The maximum absolute atomic E-state index is 10.6. The van der Waals surface area contributed by atoms with Crippen molar-refractivity contribution in [3.05, 3.63) is 18.0 Å². The average molecular weight is 184 g/mol. The molecule has 1 aromatic rings. The van der Waals surface area contributed by atoms with Crippen LogP contribution in [0, 0.1) is 0 Å². The van der Waals surface area contributed by atoms with Crippen molar-refractivity contribution in [2.75, 3.05) is 6.61 Å². The molecule has 0 saturated heterocycles. The lowest BCUT2D eigenvalue weighted by Crippen LogP contribution is -2.06. The highest BCUT2D eigenvalue weighted by Gasteiger charge is 2.14. The van der Waals surface area contributed by atoms with Crippen molar-refractivity contribution in [1.29, 1.82) is 0 Å². The quantitative estimate of drug-likeness (QED) is 0.694. The van der Waals surface area contributed by atoms with E-state index in [1.165, 1.54) is 10.9 Å². The average Bonchev–Trinajstić information content (AvgIpc) is 2.52. The summed E-state index contributed by atoms with van der Waals surface area (Å²) in [7, 11) is 0. The Balaban J connectivity index is 2.73. The Morgan fingerprint density at radius 3 is 3.00 bits per heavy atom. The summed E-state index contributed by atoms with van der Waals surface area (Å²) >= 11 is 0. The van der Waals surface area contributed by atoms with E-state index in [9.17, 15) is 4.79 Å². The number of rotatable bonds is 4. The topological polar surface area (TPSA) is 75.3 Å². The molecule has 5 nitrogen and oxygen atoms in total. The minimum absolute atomic E-state index is 0.00255. The fourth-order valence-corrected chi connectivity index (χ4v) is 0.970. The van der Waals surface area contributed by atoms with Gasteiger partial charge in [0.05, 0.1) is 25.3 Å². The van der Waals surface area contributed by atoms with Crippen LogP contribution >= 0.6 is 0 Å². The van der Waals surface area contributed by atoms with Crippen molar-refractivity contribution in [2.24, 2.45) is 0 Å². The molecule has 0 amide bonds. The number of aliphatic hydroxyl groups excluding tert-OH is 1. The number of carboxylic acids is 1. The van der Waals surface area contributed by atoms with Gasteiger partial charge in [-0.05, 0) is 6.92 Å².